The maximum absolute atomic E-state index is 14.9. The van der Waals surface area contributed by atoms with Gasteiger partial charge >= 0.3 is 6.03 Å². The summed E-state index contributed by atoms with van der Waals surface area (Å²) < 4.78 is 31.6. The first-order chi connectivity index (χ1) is 17.8. The van der Waals surface area contributed by atoms with Crippen LogP contribution in [0.25, 0.3) is 22.3 Å². The molecule has 9 nitrogen and oxygen atoms in total. The quantitative estimate of drug-likeness (QED) is 0.354. The third kappa shape index (κ3) is 5.07. The smallest absolute Gasteiger partial charge is 0.321 e. The van der Waals surface area contributed by atoms with Gasteiger partial charge in [0.25, 0.3) is 0 Å². The van der Waals surface area contributed by atoms with Crippen LogP contribution in [0.3, 0.4) is 0 Å². The molecule has 0 atom stereocenters. The molecule has 1 aliphatic heterocycles. The molecule has 0 unspecified atom stereocenters. The van der Waals surface area contributed by atoms with Crippen molar-refractivity contribution in [1.29, 1.82) is 0 Å². The minimum atomic E-state index is -0.680. The number of amides is 2. The number of imidazole rings is 1. The van der Waals surface area contributed by atoms with Gasteiger partial charge in [0, 0.05) is 24.7 Å². The summed E-state index contributed by atoms with van der Waals surface area (Å²) in [6.45, 7) is 7.26. The molecule has 192 valence electrons. The Morgan fingerprint density at radius 3 is 2.49 bits per heavy atom. The average molecular weight is 507 g/mol. The lowest BCUT2D eigenvalue weighted by Gasteiger charge is -2.26. The molecule has 2 N–H and O–H groups in total. The van der Waals surface area contributed by atoms with Crippen LogP contribution in [-0.4, -0.2) is 48.5 Å². The van der Waals surface area contributed by atoms with E-state index >= 15 is 0 Å². The third-order valence-corrected chi connectivity index (χ3v) is 6.36. The minimum Gasteiger partial charge on any atom is -0.326 e. The van der Waals surface area contributed by atoms with Gasteiger partial charge in [-0.25, -0.2) is 33.5 Å². The SMILES string of the molecule is Cc1nc2c(F)cc(-c3nc(Nc4ccc(NC(=O)N5CCCCC5)cn4)ncc3F)cc2n1C(C)C. The predicted molar refractivity (Wildman–Crippen MR) is 138 cm³/mol. The number of anilines is 3. The second-order valence-electron chi connectivity index (χ2n) is 9.37. The van der Waals surface area contributed by atoms with Crippen LogP contribution in [0.1, 0.15) is 45.0 Å². The van der Waals surface area contributed by atoms with Gasteiger partial charge in [-0.3, -0.25) is 0 Å². The number of nitrogens with one attached hydrogen (secondary N) is 2. The van der Waals surface area contributed by atoms with Crippen LogP contribution in [0.4, 0.5) is 31.0 Å². The molecule has 2 amide bonds. The molecular formula is C26H28F2N8O. The summed E-state index contributed by atoms with van der Waals surface area (Å²) in [6.07, 6.45) is 5.72. The number of fused-ring (bicyclic) bond motifs is 1. The summed E-state index contributed by atoms with van der Waals surface area (Å²) in [5.41, 5.74) is 1.59. The molecule has 1 aromatic carbocycles. The van der Waals surface area contributed by atoms with Gasteiger partial charge in [0.15, 0.2) is 11.6 Å². The van der Waals surface area contributed by atoms with Gasteiger partial charge in [-0.05, 0) is 64.3 Å². The maximum atomic E-state index is 14.9. The van der Waals surface area contributed by atoms with Gasteiger partial charge in [0.2, 0.25) is 5.95 Å². The van der Waals surface area contributed by atoms with E-state index in [2.05, 4.69) is 30.6 Å². The van der Waals surface area contributed by atoms with E-state index in [1.165, 1.54) is 12.3 Å². The standard InChI is InChI=1S/C26H28F2N8O/c1-15(2)36-16(3)31-24-19(27)11-17(12-21(24)36)23-20(28)14-30-25(34-23)33-22-8-7-18(13-29-22)32-26(37)35-9-5-4-6-10-35/h7-8,11-15H,4-6,9-10H2,1-3H3,(H,32,37)(H,29,30,33,34). The Kier molecular flexibility index (Phi) is 6.68. The van der Waals surface area contributed by atoms with Crippen LogP contribution in [0.2, 0.25) is 0 Å². The van der Waals surface area contributed by atoms with E-state index in [-0.39, 0.29) is 34.8 Å². The number of aromatic nitrogens is 5. The molecular weight excluding hydrogens is 478 g/mol. The van der Waals surface area contributed by atoms with Gasteiger partial charge in [-0.1, -0.05) is 0 Å². The fraction of sp³-hybridized carbons (Fsp3) is 0.346. The molecule has 37 heavy (non-hydrogen) atoms. The zero-order chi connectivity index (χ0) is 26.1. The molecule has 0 bridgehead atoms. The van der Waals surface area contributed by atoms with Crippen LogP contribution in [0.15, 0.2) is 36.7 Å². The molecule has 1 saturated heterocycles. The van der Waals surface area contributed by atoms with Crippen molar-refractivity contribution in [2.24, 2.45) is 0 Å². The van der Waals surface area contributed by atoms with E-state index in [4.69, 9.17) is 0 Å². The lowest BCUT2D eigenvalue weighted by molar-refractivity contribution is 0.200. The monoisotopic (exact) mass is 506 g/mol. The molecule has 1 fully saturated rings. The second kappa shape index (κ2) is 10.1. The largest absolute Gasteiger partial charge is 0.326 e. The fourth-order valence-electron chi connectivity index (χ4n) is 4.64. The highest BCUT2D eigenvalue weighted by Crippen LogP contribution is 2.30. The zero-order valence-corrected chi connectivity index (χ0v) is 20.9. The first-order valence-corrected chi connectivity index (χ1v) is 12.3. The van der Waals surface area contributed by atoms with E-state index in [0.29, 0.717) is 22.8 Å². The number of piperidine rings is 1. The number of carbonyl (C=O) groups excluding carboxylic acids is 1. The van der Waals surface area contributed by atoms with Crippen LogP contribution < -0.4 is 10.6 Å². The Hall–Kier alpha value is -4.15. The summed E-state index contributed by atoms with van der Waals surface area (Å²) in [7, 11) is 0. The number of nitrogens with zero attached hydrogens (tertiary/aromatic N) is 6. The molecule has 1 aliphatic rings. The normalized spacial score (nSPS) is 13.8. The number of aryl methyl sites for hydroxylation is 1. The highest BCUT2D eigenvalue weighted by molar-refractivity contribution is 5.89. The number of pyridine rings is 1. The maximum Gasteiger partial charge on any atom is 0.321 e. The van der Waals surface area contributed by atoms with Crippen molar-refractivity contribution in [2.45, 2.75) is 46.1 Å². The molecule has 3 aromatic heterocycles. The number of benzene rings is 1. The molecule has 11 heteroatoms. The van der Waals surface area contributed by atoms with Crippen LogP contribution in [-0.2, 0) is 0 Å². The Morgan fingerprint density at radius 1 is 1.00 bits per heavy atom. The van der Waals surface area contributed by atoms with Crippen molar-refractivity contribution >= 4 is 34.5 Å². The number of rotatable bonds is 5. The number of hydrogen-bond acceptors (Lipinski definition) is 6. The van der Waals surface area contributed by atoms with E-state index in [0.717, 1.165) is 38.5 Å². The lowest BCUT2D eigenvalue weighted by Crippen LogP contribution is -2.38. The Balaban J connectivity index is 1.37. The average Bonchev–Trinajstić information content (AvgIpc) is 3.23. The van der Waals surface area contributed by atoms with Crippen molar-refractivity contribution < 1.29 is 13.6 Å². The topological polar surface area (TPSA) is 101 Å². The number of hydrogen-bond donors (Lipinski definition) is 2. The van der Waals surface area contributed by atoms with Crippen LogP contribution in [0, 0.1) is 18.6 Å². The minimum absolute atomic E-state index is 0.0436. The van der Waals surface area contributed by atoms with Crippen molar-refractivity contribution in [3.05, 3.63) is 54.1 Å². The Labute approximate surface area is 213 Å². The fourth-order valence-corrected chi connectivity index (χ4v) is 4.64. The van der Waals surface area contributed by atoms with Crippen molar-refractivity contribution in [2.75, 3.05) is 23.7 Å². The number of urea groups is 1. The highest BCUT2D eigenvalue weighted by atomic mass is 19.1. The van der Waals surface area contributed by atoms with E-state index < -0.39 is 11.6 Å². The van der Waals surface area contributed by atoms with Crippen LogP contribution >= 0.6 is 0 Å². The van der Waals surface area contributed by atoms with Crippen molar-refractivity contribution in [1.82, 2.24) is 29.4 Å². The summed E-state index contributed by atoms with van der Waals surface area (Å²) in [5.74, 6) is -0.0494. The van der Waals surface area contributed by atoms with E-state index in [9.17, 15) is 13.6 Å². The first kappa shape index (κ1) is 24.5. The van der Waals surface area contributed by atoms with Gasteiger partial charge in [0.05, 0.1) is 23.6 Å². The van der Waals surface area contributed by atoms with Gasteiger partial charge in [-0.15, -0.1) is 0 Å². The zero-order valence-electron chi connectivity index (χ0n) is 20.9. The molecule has 0 aliphatic carbocycles. The van der Waals surface area contributed by atoms with E-state index in [1.807, 2.05) is 25.3 Å². The summed E-state index contributed by atoms with van der Waals surface area (Å²) in [4.78, 5) is 31.1. The summed E-state index contributed by atoms with van der Waals surface area (Å²) in [6, 6.07) is 6.18. The Morgan fingerprint density at radius 2 is 1.78 bits per heavy atom. The third-order valence-electron chi connectivity index (χ3n) is 6.36. The molecule has 4 aromatic rings. The van der Waals surface area contributed by atoms with Crippen LogP contribution in [0.5, 0.6) is 0 Å². The van der Waals surface area contributed by atoms with Gasteiger partial charge in [0.1, 0.15) is 22.9 Å². The second-order valence-corrected chi connectivity index (χ2v) is 9.37. The first-order valence-electron chi connectivity index (χ1n) is 12.3. The summed E-state index contributed by atoms with van der Waals surface area (Å²) in [5, 5.41) is 5.78. The van der Waals surface area contributed by atoms with Crippen molar-refractivity contribution in [3.8, 4) is 11.3 Å². The van der Waals surface area contributed by atoms with Gasteiger partial charge in [-0.2, -0.15) is 0 Å². The van der Waals surface area contributed by atoms with Crippen molar-refractivity contribution in [3.63, 3.8) is 0 Å². The molecule has 0 spiro atoms. The molecule has 0 radical (unpaired) electrons. The summed E-state index contributed by atoms with van der Waals surface area (Å²) >= 11 is 0. The predicted octanol–water partition coefficient (Wildman–Crippen LogP) is 5.82. The molecule has 4 heterocycles. The molecule has 0 saturated carbocycles. The number of likely N-dealkylation sites (tertiary alicyclic amines) is 1. The highest BCUT2D eigenvalue weighted by Gasteiger charge is 2.19. The molecule has 5 rings (SSSR count). The lowest BCUT2D eigenvalue weighted by atomic mass is 10.1. The van der Waals surface area contributed by atoms with E-state index in [1.54, 1.807) is 23.1 Å². The number of halogens is 2. The Bertz CT molecular complexity index is 1450. The number of carbonyl (C=O) groups is 1. The van der Waals surface area contributed by atoms with Gasteiger partial charge < -0.3 is 20.1 Å².